The van der Waals surface area contributed by atoms with Crippen LogP contribution in [0.5, 0.6) is 0 Å². The molecule has 21 heavy (non-hydrogen) atoms. The first-order valence-electron chi connectivity index (χ1n) is 7.83. The molecule has 2 unspecified atom stereocenters. The topological polar surface area (TPSA) is 52.7 Å². The minimum atomic E-state index is -3.02. The van der Waals surface area contributed by atoms with Crippen LogP contribution in [0.25, 0.3) is 0 Å². The molecule has 0 aromatic rings. The van der Waals surface area contributed by atoms with E-state index in [2.05, 4.69) is 17.3 Å². The van der Waals surface area contributed by atoms with Crippen LogP contribution in [0.4, 0.5) is 0 Å². The van der Waals surface area contributed by atoms with Gasteiger partial charge in [0.05, 0.1) is 6.26 Å². The molecular formula is C14H30ClN3O2S. The van der Waals surface area contributed by atoms with Crippen molar-refractivity contribution in [2.45, 2.75) is 38.1 Å². The third kappa shape index (κ3) is 6.02. The number of piperidine rings is 1. The lowest BCUT2D eigenvalue weighted by Crippen LogP contribution is -2.44. The summed E-state index contributed by atoms with van der Waals surface area (Å²) in [6.07, 6.45) is 7.19. The molecule has 7 heteroatoms. The molecule has 0 aromatic carbocycles. The minimum absolute atomic E-state index is 0. The third-order valence-corrected chi connectivity index (χ3v) is 5.94. The fraction of sp³-hybridized carbons (Fsp3) is 1.00. The summed E-state index contributed by atoms with van der Waals surface area (Å²) in [5.74, 6) is 0.486. The molecule has 0 aromatic heterocycles. The average Bonchev–Trinajstić information content (AvgIpc) is 2.67. The summed E-state index contributed by atoms with van der Waals surface area (Å²) >= 11 is 0. The fourth-order valence-corrected chi connectivity index (χ4v) is 4.42. The van der Waals surface area contributed by atoms with Crippen molar-refractivity contribution in [3.63, 3.8) is 0 Å². The van der Waals surface area contributed by atoms with Crippen molar-refractivity contribution in [2.75, 3.05) is 46.0 Å². The van der Waals surface area contributed by atoms with Crippen LogP contribution >= 0.6 is 12.4 Å². The molecule has 1 N–H and O–H groups in total. The van der Waals surface area contributed by atoms with E-state index in [0.717, 1.165) is 32.5 Å². The van der Waals surface area contributed by atoms with Gasteiger partial charge in [-0.3, -0.25) is 0 Å². The second kappa shape index (κ2) is 8.67. The number of sulfonamides is 1. The zero-order valence-electron chi connectivity index (χ0n) is 13.3. The van der Waals surface area contributed by atoms with E-state index in [1.807, 2.05) is 0 Å². The molecule has 0 bridgehead atoms. The van der Waals surface area contributed by atoms with Crippen LogP contribution in [0.15, 0.2) is 0 Å². The van der Waals surface area contributed by atoms with Gasteiger partial charge in [-0.2, -0.15) is 0 Å². The molecule has 2 fully saturated rings. The molecular weight excluding hydrogens is 310 g/mol. The van der Waals surface area contributed by atoms with E-state index in [0.29, 0.717) is 25.0 Å². The fourth-order valence-electron chi connectivity index (χ4n) is 3.47. The number of halogens is 1. The maximum absolute atomic E-state index is 11.7. The molecule has 2 saturated heterocycles. The molecule has 2 rings (SSSR count). The van der Waals surface area contributed by atoms with Crippen LogP contribution in [0.3, 0.4) is 0 Å². The molecule has 2 heterocycles. The predicted octanol–water partition coefficient (Wildman–Crippen LogP) is 1.15. The molecule has 2 aliphatic heterocycles. The van der Waals surface area contributed by atoms with Crippen molar-refractivity contribution in [3.05, 3.63) is 0 Å². The van der Waals surface area contributed by atoms with Gasteiger partial charge in [0.15, 0.2) is 0 Å². The highest BCUT2D eigenvalue weighted by atomic mass is 35.5. The Balaban J connectivity index is 0.00000220. The Bertz CT molecular complexity index is 397. The summed E-state index contributed by atoms with van der Waals surface area (Å²) in [7, 11) is -0.817. The summed E-state index contributed by atoms with van der Waals surface area (Å²) in [5.41, 5.74) is 0. The van der Waals surface area contributed by atoms with E-state index in [-0.39, 0.29) is 12.4 Å². The smallest absolute Gasteiger partial charge is 0.211 e. The number of rotatable bonds is 4. The van der Waals surface area contributed by atoms with E-state index in [4.69, 9.17) is 0 Å². The van der Waals surface area contributed by atoms with Crippen LogP contribution in [-0.2, 0) is 10.0 Å². The first kappa shape index (κ1) is 19.2. The normalized spacial score (nSPS) is 28.9. The van der Waals surface area contributed by atoms with Gasteiger partial charge in [0.25, 0.3) is 0 Å². The van der Waals surface area contributed by atoms with E-state index >= 15 is 0 Å². The van der Waals surface area contributed by atoms with E-state index in [1.165, 1.54) is 25.5 Å². The van der Waals surface area contributed by atoms with Crippen molar-refractivity contribution in [2.24, 2.45) is 5.92 Å². The highest BCUT2D eigenvalue weighted by Gasteiger charge is 2.28. The molecule has 0 saturated carbocycles. The highest BCUT2D eigenvalue weighted by molar-refractivity contribution is 7.88. The number of hydrogen-bond donors (Lipinski definition) is 1. The van der Waals surface area contributed by atoms with Gasteiger partial charge in [0.1, 0.15) is 0 Å². The lowest BCUT2D eigenvalue weighted by molar-refractivity contribution is 0.156. The van der Waals surface area contributed by atoms with Crippen LogP contribution in [-0.4, -0.2) is 69.7 Å². The second-order valence-electron chi connectivity index (χ2n) is 6.40. The minimum Gasteiger partial charge on any atom is -0.317 e. The van der Waals surface area contributed by atoms with E-state index in [9.17, 15) is 8.42 Å². The average molecular weight is 340 g/mol. The summed E-state index contributed by atoms with van der Waals surface area (Å²) in [6.45, 7) is 4.67. The Hall–Kier alpha value is 0.120. The molecule has 126 valence electrons. The third-order valence-electron chi connectivity index (χ3n) is 4.67. The van der Waals surface area contributed by atoms with Crippen LogP contribution in [0.1, 0.15) is 32.1 Å². The molecule has 0 aliphatic carbocycles. The van der Waals surface area contributed by atoms with Gasteiger partial charge < -0.3 is 10.2 Å². The van der Waals surface area contributed by atoms with Crippen molar-refractivity contribution < 1.29 is 8.42 Å². The van der Waals surface area contributed by atoms with Gasteiger partial charge in [0.2, 0.25) is 10.0 Å². The molecule has 0 amide bonds. The Morgan fingerprint density at radius 3 is 2.67 bits per heavy atom. The molecule has 2 aliphatic rings. The molecule has 0 radical (unpaired) electrons. The quantitative estimate of drug-likeness (QED) is 0.835. The first-order valence-corrected chi connectivity index (χ1v) is 9.67. The number of hydrogen-bond acceptors (Lipinski definition) is 4. The monoisotopic (exact) mass is 339 g/mol. The van der Waals surface area contributed by atoms with Gasteiger partial charge >= 0.3 is 0 Å². The summed E-state index contributed by atoms with van der Waals surface area (Å²) in [6, 6.07) is 0.651. The van der Waals surface area contributed by atoms with Crippen molar-refractivity contribution >= 4 is 22.4 Å². The van der Waals surface area contributed by atoms with Crippen LogP contribution in [0, 0.1) is 5.92 Å². The predicted molar refractivity (Wildman–Crippen MR) is 89.5 cm³/mol. The summed E-state index contributed by atoms with van der Waals surface area (Å²) in [5, 5.41) is 3.45. The van der Waals surface area contributed by atoms with Crippen molar-refractivity contribution in [1.82, 2.24) is 14.5 Å². The maximum atomic E-state index is 11.7. The standard InChI is InChI=1S/C14H29N3O2S.ClH/c1-16(14-6-3-8-15-9-7-14)11-13-5-4-10-17(12-13)20(2,18)19;/h13-15H,3-12H2,1-2H3;1H. The lowest BCUT2D eigenvalue weighted by Gasteiger charge is -2.35. The van der Waals surface area contributed by atoms with Gasteiger partial charge in [-0.15, -0.1) is 12.4 Å². The van der Waals surface area contributed by atoms with Crippen molar-refractivity contribution in [3.8, 4) is 0 Å². The zero-order valence-corrected chi connectivity index (χ0v) is 14.9. The van der Waals surface area contributed by atoms with Crippen LogP contribution < -0.4 is 5.32 Å². The molecule has 2 atom stereocenters. The SMILES string of the molecule is CN(CC1CCCN(S(C)(=O)=O)C1)C1CCCNCC1.Cl. The largest absolute Gasteiger partial charge is 0.317 e. The highest BCUT2D eigenvalue weighted by Crippen LogP contribution is 2.21. The second-order valence-corrected chi connectivity index (χ2v) is 8.39. The lowest BCUT2D eigenvalue weighted by atomic mass is 9.97. The van der Waals surface area contributed by atoms with Crippen molar-refractivity contribution in [1.29, 1.82) is 0 Å². The van der Waals surface area contributed by atoms with E-state index < -0.39 is 10.0 Å². The molecule has 5 nitrogen and oxygen atoms in total. The van der Waals surface area contributed by atoms with Gasteiger partial charge in [-0.25, -0.2) is 12.7 Å². The Morgan fingerprint density at radius 1 is 1.19 bits per heavy atom. The first-order chi connectivity index (χ1) is 9.47. The number of nitrogens with zero attached hydrogens (tertiary/aromatic N) is 2. The number of nitrogens with one attached hydrogen (secondary N) is 1. The summed E-state index contributed by atoms with van der Waals surface area (Å²) < 4.78 is 25.0. The Morgan fingerprint density at radius 2 is 1.95 bits per heavy atom. The summed E-state index contributed by atoms with van der Waals surface area (Å²) in [4.78, 5) is 2.46. The van der Waals surface area contributed by atoms with Gasteiger partial charge in [0, 0.05) is 25.7 Å². The zero-order chi connectivity index (χ0) is 14.6. The van der Waals surface area contributed by atoms with Gasteiger partial charge in [-0.05, 0) is 58.2 Å². The maximum Gasteiger partial charge on any atom is 0.211 e. The Labute approximate surface area is 135 Å². The molecule has 0 spiro atoms. The Kier molecular flexibility index (Phi) is 7.92. The van der Waals surface area contributed by atoms with E-state index in [1.54, 1.807) is 4.31 Å². The van der Waals surface area contributed by atoms with Crippen LogP contribution in [0.2, 0.25) is 0 Å². The van der Waals surface area contributed by atoms with Gasteiger partial charge in [-0.1, -0.05) is 0 Å².